The Kier molecular flexibility index (Phi) is 4.14. The standard InChI is InChI=1S/C13H15BrN2OS/c1-7(17)8(2)18-13-10-5-9(14)3-4-12(10)16-6-11(13)15/h3-8,17H,15H2,1-2H3. The van der Waals surface area contributed by atoms with Gasteiger partial charge in [0.1, 0.15) is 0 Å². The number of hydrogen-bond acceptors (Lipinski definition) is 4. The Hall–Kier alpha value is -0.780. The molecule has 0 aliphatic heterocycles. The fourth-order valence-electron chi connectivity index (χ4n) is 1.57. The molecule has 0 saturated carbocycles. The molecule has 5 heteroatoms. The predicted molar refractivity (Wildman–Crippen MR) is 80.9 cm³/mol. The third kappa shape index (κ3) is 2.79. The Balaban J connectivity index is 2.53. The molecule has 1 heterocycles. The number of aliphatic hydroxyl groups is 1. The molecule has 18 heavy (non-hydrogen) atoms. The van der Waals surface area contributed by atoms with E-state index in [0.717, 1.165) is 20.3 Å². The van der Waals surface area contributed by atoms with E-state index >= 15 is 0 Å². The average Bonchev–Trinajstić information content (AvgIpc) is 2.32. The van der Waals surface area contributed by atoms with Crippen molar-refractivity contribution in [2.75, 3.05) is 5.73 Å². The lowest BCUT2D eigenvalue weighted by molar-refractivity contribution is 0.196. The first-order chi connectivity index (χ1) is 8.49. The summed E-state index contributed by atoms with van der Waals surface area (Å²) in [6.07, 6.45) is 1.29. The van der Waals surface area contributed by atoms with Gasteiger partial charge in [-0.25, -0.2) is 0 Å². The highest BCUT2D eigenvalue weighted by Gasteiger charge is 2.15. The molecule has 3 nitrogen and oxygen atoms in total. The smallest absolute Gasteiger partial charge is 0.0715 e. The molecule has 3 N–H and O–H groups in total. The second-order valence-corrected chi connectivity index (χ2v) is 6.57. The topological polar surface area (TPSA) is 59.1 Å². The van der Waals surface area contributed by atoms with Gasteiger partial charge in [0.25, 0.3) is 0 Å². The molecular weight excluding hydrogens is 312 g/mol. The van der Waals surface area contributed by atoms with Crippen LogP contribution in [0.4, 0.5) is 5.69 Å². The minimum absolute atomic E-state index is 0.0804. The number of benzene rings is 1. The van der Waals surface area contributed by atoms with Crippen LogP contribution in [0.2, 0.25) is 0 Å². The first kappa shape index (κ1) is 13.6. The molecule has 1 aromatic heterocycles. The summed E-state index contributed by atoms with van der Waals surface area (Å²) in [5.74, 6) is 0. The summed E-state index contributed by atoms with van der Waals surface area (Å²) in [7, 11) is 0. The van der Waals surface area contributed by atoms with Crippen LogP contribution in [0.1, 0.15) is 13.8 Å². The van der Waals surface area contributed by atoms with Gasteiger partial charge in [-0.3, -0.25) is 4.98 Å². The Morgan fingerprint density at radius 3 is 2.78 bits per heavy atom. The molecule has 0 saturated heterocycles. The number of nitrogens with two attached hydrogens (primary N) is 1. The van der Waals surface area contributed by atoms with E-state index in [9.17, 15) is 5.11 Å². The first-order valence-electron chi connectivity index (χ1n) is 5.67. The van der Waals surface area contributed by atoms with Crippen molar-refractivity contribution in [3.05, 3.63) is 28.9 Å². The zero-order chi connectivity index (χ0) is 13.3. The van der Waals surface area contributed by atoms with Crippen LogP contribution < -0.4 is 5.73 Å². The van der Waals surface area contributed by atoms with Crippen LogP contribution in [0.3, 0.4) is 0 Å². The normalized spacial score (nSPS) is 14.7. The van der Waals surface area contributed by atoms with Crippen LogP contribution in [0.15, 0.2) is 33.8 Å². The van der Waals surface area contributed by atoms with Crippen LogP contribution in [-0.2, 0) is 0 Å². The van der Waals surface area contributed by atoms with E-state index in [1.165, 1.54) is 0 Å². The highest BCUT2D eigenvalue weighted by molar-refractivity contribution is 9.10. The summed E-state index contributed by atoms with van der Waals surface area (Å²) in [5, 5.41) is 10.7. The Bertz CT molecular complexity index is 569. The van der Waals surface area contributed by atoms with E-state index in [2.05, 4.69) is 20.9 Å². The van der Waals surface area contributed by atoms with E-state index in [1.54, 1.807) is 24.9 Å². The number of fused-ring (bicyclic) bond motifs is 1. The van der Waals surface area contributed by atoms with Crippen molar-refractivity contribution in [2.45, 2.75) is 30.1 Å². The number of aliphatic hydroxyl groups excluding tert-OH is 1. The number of halogens is 1. The summed E-state index contributed by atoms with van der Waals surface area (Å²) < 4.78 is 0.994. The van der Waals surface area contributed by atoms with Crippen LogP contribution in [0, 0.1) is 0 Å². The molecule has 96 valence electrons. The zero-order valence-electron chi connectivity index (χ0n) is 10.2. The molecule has 0 spiro atoms. The van der Waals surface area contributed by atoms with Gasteiger partial charge in [-0.15, -0.1) is 11.8 Å². The van der Waals surface area contributed by atoms with E-state index in [-0.39, 0.29) is 11.4 Å². The quantitative estimate of drug-likeness (QED) is 0.848. The van der Waals surface area contributed by atoms with Gasteiger partial charge in [-0.1, -0.05) is 22.9 Å². The third-order valence-corrected chi connectivity index (χ3v) is 4.74. The van der Waals surface area contributed by atoms with Crippen molar-refractivity contribution in [2.24, 2.45) is 0 Å². The molecule has 2 atom stereocenters. The van der Waals surface area contributed by atoms with Crippen molar-refractivity contribution < 1.29 is 5.11 Å². The van der Waals surface area contributed by atoms with Gasteiger partial charge in [0.05, 0.1) is 23.5 Å². The summed E-state index contributed by atoms with van der Waals surface area (Å²) >= 11 is 5.04. The summed E-state index contributed by atoms with van der Waals surface area (Å²) in [6, 6.07) is 5.92. The third-order valence-electron chi connectivity index (χ3n) is 2.79. The molecule has 0 bridgehead atoms. The predicted octanol–water partition coefficient (Wildman–Crippen LogP) is 3.44. The van der Waals surface area contributed by atoms with Crippen molar-refractivity contribution in [1.29, 1.82) is 0 Å². The Morgan fingerprint density at radius 2 is 2.11 bits per heavy atom. The van der Waals surface area contributed by atoms with E-state index in [4.69, 9.17) is 5.73 Å². The second kappa shape index (κ2) is 5.47. The monoisotopic (exact) mass is 326 g/mol. The number of anilines is 1. The lowest BCUT2D eigenvalue weighted by Crippen LogP contribution is -2.15. The summed E-state index contributed by atoms with van der Waals surface area (Å²) in [4.78, 5) is 5.29. The summed E-state index contributed by atoms with van der Waals surface area (Å²) in [5.41, 5.74) is 7.57. The molecular formula is C13H15BrN2OS. The van der Waals surface area contributed by atoms with E-state index in [1.807, 2.05) is 25.1 Å². The van der Waals surface area contributed by atoms with Crippen LogP contribution in [0.25, 0.3) is 10.9 Å². The number of aromatic nitrogens is 1. The van der Waals surface area contributed by atoms with E-state index < -0.39 is 0 Å². The number of nitrogens with zero attached hydrogens (tertiary/aromatic N) is 1. The molecule has 0 aliphatic carbocycles. The molecule has 2 rings (SSSR count). The van der Waals surface area contributed by atoms with Crippen LogP contribution in [0.5, 0.6) is 0 Å². The maximum Gasteiger partial charge on any atom is 0.0715 e. The summed E-state index contributed by atoms with van der Waals surface area (Å²) in [6.45, 7) is 3.77. The van der Waals surface area contributed by atoms with Crippen molar-refractivity contribution >= 4 is 44.3 Å². The first-order valence-corrected chi connectivity index (χ1v) is 7.34. The van der Waals surface area contributed by atoms with Gasteiger partial charge >= 0.3 is 0 Å². The van der Waals surface area contributed by atoms with Crippen molar-refractivity contribution in [1.82, 2.24) is 4.98 Å². The minimum Gasteiger partial charge on any atom is -0.397 e. The molecule has 0 fully saturated rings. The fraction of sp³-hybridized carbons (Fsp3) is 0.308. The Labute approximate surface area is 119 Å². The van der Waals surface area contributed by atoms with Crippen molar-refractivity contribution in [3.63, 3.8) is 0 Å². The molecule has 2 aromatic rings. The molecule has 1 aromatic carbocycles. The van der Waals surface area contributed by atoms with Gasteiger partial charge in [-0.05, 0) is 25.1 Å². The number of nitrogen functional groups attached to an aromatic ring is 1. The zero-order valence-corrected chi connectivity index (χ0v) is 12.6. The molecule has 0 aliphatic rings. The van der Waals surface area contributed by atoms with Crippen LogP contribution >= 0.6 is 27.7 Å². The Morgan fingerprint density at radius 1 is 1.39 bits per heavy atom. The maximum absolute atomic E-state index is 9.61. The van der Waals surface area contributed by atoms with Gasteiger partial charge in [-0.2, -0.15) is 0 Å². The number of hydrogen-bond donors (Lipinski definition) is 2. The SMILES string of the molecule is CC(O)C(C)Sc1c(N)cnc2ccc(Br)cc12. The molecule has 0 radical (unpaired) electrons. The lowest BCUT2D eigenvalue weighted by Gasteiger charge is -2.16. The number of rotatable bonds is 3. The van der Waals surface area contributed by atoms with Gasteiger partial charge in [0.2, 0.25) is 0 Å². The van der Waals surface area contributed by atoms with Gasteiger partial charge in [0, 0.05) is 20.0 Å². The fourth-order valence-corrected chi connectivity index (χ4v) is 2.98. The minimum atomic E-state index is -0.384. The number of pyridine rings is 1. The molecule has 2 unspecified atom stereocenters. The average molecular weight is 327 g/mol. The second-order valence-electron chi connectivity index (χ2n) is 4.27. The van der Waals surface area contributed by atoms with Gasteiger partial charge in [0.15, 0.2) is 0 Å². The van der Waals surface area contributed by atoms with Gasteiger partial charge < -0.3 is 10.8 Å². The highest BCUT2D eigenvalue weighted by Crippen LogP contribution is 2.36. The lowest BCUT2D eigenvalue weighted by atomic mass is 10.2. The largest absolute Gasteiger partial charge is 0.397 e. The number of thioether (sulfide) groups is 1. The van der Waals surface area contributed by atoms with Crippen LogP contribution in [-0.4, -0.2) is 21.4 Å². The van der Waals surface area contributed by atoms with Crippen molar-refractivity contribution in [3.8, 4) is 0 Å². The maximum atomic E-state index is 9.61. The highest BCUT2D eigenvalue weighted by atomic mass is 79.9. The molecule has 0 amide bonds. The van der Waals surface area contributed by atoms with E-state index in [0.29, 0.717) is 5.69 Å².